The Balaban J connectivity index is 1.63. The Morgan fingerprint density at radius 1 is 1.22 bits per heavy atom. The lowest BCUT2D eigenvalue weighted by Crippen LogP contribution is -2.22. The quantitative estimate of drug-likeness (QED) is 0.746. The van der Waals surface area contributed by atoms with Crippen LogP contribution >= 0.6 is 11.3 Å². The number of carbonyl (C=O) groups is 2. The van der Waals surface area contributed by atoms with Gasteiger partial charge in [0.05, 0.1) is 5.56 Å². The number of thiophene rings is 1. The summed E-state index contributed by atoms with van der Waals surface area (Å²) in [5, 5.41) is 3.36. The van der Waals surface area contributed by atoms with Crippen LogP contribution in [-0.2, 0) is 17.6 Å². The summed E-state index contributed by atoms with van der Waals surface area (Å²) in [4.78, 5) is 25.3. The lowest BCUT2D eigenvalue weighted by atomic mass is 9.95. The van der Waals surface area contributed by atoms with Crippen molar-refractivity contribution in [3.8, 4) is 5.75 Å². The molecule has 1 aliphatic carbocycles. The molecular formula is C21H26N2O3S. The normalized spacial score (nSPS) is 14.3. The lowest BCUT2D eigenvalue weighted by Gasteiger charge is -2.11. The molecule has 1 atom stereocenters. The van der Waals surface area contributed by atoms with E-state index in [2.05, 4.69) is 19.2 Å². The monoisotopic (exact) mass is 386 g/mol. The molecule has 3 rings (SSSR count). The van der Waals surface area contributed by atoms with Crippen molar-refractivity contribution >= 4 is 28.2 Å². The molecule has 0 radical (unpaired) electrons. The Bertz CT molecular complexity index is 827. The van der Waals surface area contributed by atoms with E-state index < -0.39 is 5.91 Å². The fourth-order valence-corrected chi connectivity index (χ4v) is 4.67. The van der Waals surface area contributed by atoms with Crippen molar-refractivity contribution in [3.63, 3.8) is 0 Å². The van der Waals surface area contributed by atoms with Crippen LogP contribution in [0.2, 0.25) is 0 Å². The third kappa shape index (κ3) is 4.50. The second-order valence-corrected chi connectivity index (χ2v) is 8.10. The van der Waals surface area contributed by atoms with Crippen LogP contribution in [0.15, 0.2) is 24.3 Å². The predicted molar refractivity (Wildman–Crippen MR) is 109 cm³/mol. The number of hydrogen-bond acceptors (Lipinski definition) is 4. The van der Waals surface area contributed by atoms with Crippen LogP contribution in [0.4, 0.5) is 5.00 Å². The van der Waals surface area contributed by atoms with Crippen molar-refractivity contribution in [1.82, 2.24) is 0 Å². The summed E-state index contributed by atoms with van der Waals surface area (Å²) in [6.07, 6.45) is 5.02. The molecule has 5 nitrogen and oxygen atoms in total. The first-order valence-corrected chi connectivity index (χ1v) is 10.3. The molecule has 27 heavy (non-hydrogen) atoms. The van der Waals surface area contributed by atoms with E-state index in [-0.39, 0.29) is 12.5 Å². The van der Waals surface area contributed by atoms with Crippen LogP contribution in [0.3, 0.4) is 0 Å². The summed E-state index contributed by atoms with van der Waals surface area (Å²) >= 11 is 1.46. The fraction of sp³-hybridized carbons (Fsp3) is 0.429. The van der Waals surface area contributed by atoms with E-state index in [4.69, 9.17) is 10.5 Å². The van der Waals surface area contributed by atoms with Gasteiger partial charge in [0.1, 0.15) is 10.8 Å². The number of nitrogens with two attached hydrogens (primary N) is 1. The van der Waals surface area contributed by atoms with Crippen molar-refractivity contribution in [3.05, 3.63) is 45.8 Å². The Morgan fingerprint density at radius 2 is 1.93 bits per heavy atom. The fourth-order valence-electron chi connectivity index (χ4n) is 3.35. The van der Waals surface area contributed by atoms with Gasteiger partial charge in [-0.05, 0) is 61.3 Å². The zero-order chi connectivity index (χ0) is 19.4. The average Bonchev–Trinajstić information content (AvgIpc) is 3.04. The van der Waals surface area contributed by atoms with Crippen LogP contribution in [0.1, 0.15) is 65.4 Å². The molecule has 3 N–H and O–H groups in total. The number of hydrogen-bond donors (Lipinski definition) is 2. The molecule has 144 valence electrons. The molecule has 2 aromatic rings. The summed E-state index contributed by atoms with van der Waals surface area (Å²) in [5.74, 6) is 0.380. The number of anilines is 1. The van der Waals surface area contributed by atoms with Gasteiger partial charge in [-0.15, -0.1) is 11.3 Å². The molecule has 1 aromatic carbocycles. The molecular weight excluding hydrogens is 360 g/mol. The SMILES string of the molecule is CCC(C)c1ccc(OCC(=O)Nc2sc3c(c2C(N)=O)CCCC3)cc1. The number of rotatable bonds is 7. The number of primary amides is 1. The molecule has 0 saturated heterocycles. The number of amides is 2. The van der Waals surface area contributed by atoms with Crippen LogP contribution in [0, 0.1) is 0 Å². The third-order valence-corrected chi connectivity index (χ3v) is 6.31. The number of fused-ring (bicyclic) bond motifs is 1. The first-order valence-electron chi connectivity index (χ1n) is 9.46. The zero-order valence-electron chi connectivity index (χ0n) is 15.8. The van der Waals surface area contributed by atoms with Gasteiger partial charge in [0.2, 0.25) is 0 Å². The van der Waals surface area contributed by atoms with Gasteiger partial charge in [-0.3, -0.25) is 9.59 Å². The van der Waals surface area contributed by atoms with Gasteiger partial charge in [0, 0.05) is 4.88 Å². The molecule has 1 heterocycles. The molecule has 0 aliphatic heterocycles. The Kier molecular flexibility index (Phi) is 6.16. The zero-order valence-corrected chi connectivity index (χ0v) is 16.7. The molecule has 6 heteroatoms. The summed E-state index contributed by atoms with van der Waals surface area (Å²) < 4.78 is 5.59. The van der Waals surface area contributed by atoms with Crippen LogP contribution in [0.25, 0.3) is 0 Å². The molecule has 1 unspecified atom stereocenters. The van der Waals surface area contributed by atoms with Crippen LogP contribution in [0.5, 0.6) is 5.75 Å². The number of nitrogens with one attached hydrogen (secondary N) is 1. The molecule has 2 amide bonds. The highest BCUT2D eigenvalue weighted by Gasteiger charge is 2.25. The van der Waals surface area contributed by atoms with E-state index in [0.717, 1.165) is 42.5 Å². The summed E-state index contributed by atoms with van der Waals surface area (Å²) in [7, 11) is 0. The maximum absolute atomic E-state index is 12.3. The Labute approximate surface area is 163 Å². The minimum atomic E-state index is -0.480. The van der Waals surface area contributed by atoms with Crippen molar-refractivity contribution in [2.24, 2.45) is 5.73 Å². The molecule has 0 fully saturated rings. The van der Waals surface area contributed by atoms with Gasteiger partial charge in [0.25, 0.3) is 11.8 Å². The predicted octanol–water partition coefficient (Wildman–Crippen LogP) is 4.26. The minimum absolute atomic E-state index is 0.108. The maximum Gasteiger partial charge on any atom is 0.262 e. The molecule has 1 aliphatic rings. The van der Waals surface area contributed by atoms with E-state index in [1.807, 2.05) is 24.3 Å². The third-order valence-electron chi connectivity index (χ3n) is 5.10. The molecule has 0 spiro atoms. The van der Waals surface area contributed by atoms with E-state index in [9.17, 15) is 9.59 Å². The van der Waals surface area contributed by atoms with E-state index >= 15 is 0 Å². The van der Waals surface area contributed by atoms with Crippen molar-refractivity contribution in [2.45, 2.75) is 51.9 Å². The number of benzene rings is 1. The van der Waals surface area contributed by atoms with Gasteiger partial charge in [-0.25, -0.2) is 0 Å². The molecule has 0 bridgehead atoms. The first kappa shape index (κ1) is 19.4. The van der Waals surface area contributed by atoms with E-state index in [1.54, 1.807) is 0 Å². The second-order valence-electron chi connectivity index (χ2n) is 6.99. The first-order chi connectivity index (χ1) is 13.0. The van der Waals surface area contributed by atoms with Gasteiger partial charge in [-0.1, -0.05) is 26.0 Å². The van der Waals surface area contributed by atoms with Gasteiger partial charge >= 0.3 is 0 Å². The Hall–Kier alpha value is -2.34. The summed E-state index contributed by atoms with van der Waals surface area (Å²) in [6, 6.07) is 7.82. The van der Waals surface area contributed by atoms with Gasteiger partial charge in [0.15, 0.2) is 6.61 Å². The highest BCUT2D eigenvalue weighted by atomic mass is 32.1. The summed E-state index contributed by atoms with van der Waals surface area (Å²) in [6.45, 7) is 4.23. The standard InChI is InChI=1S/C21H26N2O3S/c1-3-13(2)14-8-10-15(11-9-14)26-12-18(24)23-21-19(20(22)25)16-6-4-5-7-17(16)27-21/h8-11,13H,3-7,12H2,1-2H3,(H2,22,25)(H,23,24). The molecule has 1 aromatic heterocycles. The van der Waals surface area contributed by atoms with Crippen LogP contribution < -0.4 is 15.8 Å². The Morgan fingerprint density at radius 3 is 2.59 bits per heavy atom. The molecule has 0 saturated carbocycles. The number of aryl methyl sites for hydroxylation is 1. The largest absolute Gasteiger partial charge is 0.484 e. The van der Waals surface area contributed by atoms with E-state index in [0.29, 0.717) is 22.2 Å². The van der Waals surface area contributed by atoms with Crippen molar-refractivity contribution in [1.29, 1.82) is 0 Å². The number of ether oxygens (including phenoxy) is 1. The van der Waals surface area contributed by atoms with Crippen molar-refractivity contribution in [2.75, 3.05) is 11.9 Å². The average molecular weight is 387 g/mol. The minimum Gasteiger partial charge on any atom is -0.484 e. The summed E-state index contributed by atoms with van der Waals surface area (Å²) in [5.41, 5.74) is 8.30. The topological polar surface area (TPSA) is 81.4 Å². The second kappa shape index (κ2) is 8.57. The van der Waals surface area contributed by atoms with Crippen molar-refractivity contribution < 1.29 is 14.3 Å². The van der Waals surface area contributed by atoms with Gasteiger partial charge < -0.3 is 15.8 Å². The lowest BCUT2D eigenvalue weighted by molar-refractivity contribution is -0.118. The van der Waals surface area contributed by atoms with Crippen LogP contribution in [-0.4, -0.2) is 18.4 Å². The maximum atomic E-state index is 12.3. The smallest absolute Gasteiger partial charge is 0.262 e. The van der Waals surface area contributed by atoms with Gasteiger partial charge in [-0.2, -0.15) is 0 Å². The highest BCUT2D eigenvalue weighted by molar-refractivity contribution is 7.17. The van der Waals surface area contributed by atoms with E-state index in [1.165, 1.54) is 16.9 Å². The highest BCUT2D eigenvalue weighted by Crippen LogP contribution is 2.37. The number of carbonyl (C=O) groups excluding carboxylic acids is 2.